The van der Waals surface area contributed by atoms with Crippen LogP contribution in [0.5, 0.6) is 0 Å². The number of unbranched alkanes of at least 4 members (excludes halogenated alkanes) is 32. The molecule has 0 aliphatic heterocycles. The highest BCUT2D eigenvalue weighted by Gasteiger charge is 2.16. The maximum Gasteiger partial charge on any atom is 0.256 e. The molecule has 0 aliphatic rings. The summed E-state index contributed by atoms with van der Waals surface area (Å²) in [4.78, 5) is 0. The van der Waals surface area contributed by atoms with Crippen molar-refractivity contribution in [3.8, 4) is 0 Å². The summed E-state index contributed by atoms with van der Waals surface area (Å²) in [5, 5.41) is 0. The van der Waals surface area contributed by atoms with Crippen LogP contribution in [0.2, 0.25) is 0 Å². The normalized spacial score (nSPS) is 11.6. The van der Waals surface area contributed by atoms with Gasteiger partial charge in [0.25, 0.3) is 5.82 Å². The molecule has 0 aromatic carbocycles. The van der Waals surface area contributed by atoms with E-state index in [-0.39, 0.29) is 0 Å². The molecule has 0 saturated heterocycles. The van der Waals surface area contributed by atoms with Gasteiger partial charge in [-0.3, -0.25) is 0 Å². The van der Waals surface area contributed by atoms with E-state index in [0.717, 1.165) is 0 Å². The number of hydrogen-bond donors (Lipinski definition) is 0. The van der Waals surface area contributed by atoms with E-state index in [2.05, 4.69) is 42.3 Å². The first-order valence-electron chi connectivity index (χ1n) is 21.9. The van der Waals surface area contributed by atoms with Crippen molar-refractivity contribution in [2.45, 2.75) is 265 Å². The van der Waals surface area contributed by atoms with E-state index in [1.807, 2.05) is 0 Å². The van der Waals surface area contributed by atoms with Gasteiger partial charge in [0.1, 0.15) is 12.4 Å². The summed E-state index contributed by atoms with van der Waals surface area (Å²) >= 11 is 0. The average Bonchev–Trinajstić information content (AvgIpc) is 3.45. The number of imidazole rings is 1. The van der Waals surface area contributed by atoms with Gasteiger partial charge in [0, 0.05) is 6.42 Å². The molecule has 0 saturated carbocycles. The number of aryl methyl sites for hydroxylation is 2. The zero-order chi connectivity index (χ0) is 33.0. The Hall–Kier alpha value is -0.790. The van der Waals surface area contributed by atoms with Gasteiger partial charge in [-0.05, 0) is 32.1 Å². The predicted octanol–water partition coefficient (Wildman–Crippen LogP) is 15.0. The van der Waals surface area contributed by atoms with E-state index in [1.165, 1.54) is 244 Å². The third-order valence-corrected chi connectivity index (χ3v) is 10.6. The summed E-state index contributed by atoms with van der Waals surface area (Å²) in [6.07, 6.45) is 56.4. The van der Waals surface area contributed by atoms with Gasteiger partial charge in [-0.1, -0.05) is 213 Å². The van der Waals surface area contributed by atoms with E-state index >= 15 is 0 Å². The van der Waals surface area contributed by atoms with Crippen molar-refractivity contribution in [3.05, 3.63) is 18.2 Å². The average molecular weight is 644 g/mol. The third-order valence-electron chi connectivity index (χ3n) is 10.6. The predicted molar refractivity (Wildman–Crippen MR) is 207 cm³/mol. The summed E-state index contributed by atoms with van der Waals surface area (Å²) in [5.74, 6) is 1.61. The zero-order valence-electron chi connectivity index (χ0n) is 32.4. The summed E-state index contributed by atoms with van der Waals surface area (Å²) < 4.78 is 5.25. The second kappa shape index (κ2) is 35.5. The molecule has 0 aliphatic carbocycles. The minimum Gasteiger partial charge on any atom is -0.234 e. The monoisotopic (exact) mass is 644 g/mol. The molecule has 46 heavy (non-hydrogen) atoms. The maximum atomic E-state index is 2.63. The van der Waals surface area contributed by atoms with E-state index in [9.17, 15) is 0 Å². The molecule has 1 aromatic rings. The molecule has 0 radical (unpaired) electrons. The molecule has 0 atom stereocenters. The van der Waals surface area contributed by atoms with Gasteiger partial charge in [-0.2, -0.15) is 0 Å². The smallest absolute Gasteiger partial charge is 0.234 e. The van der Waals surface area contributed by atoms with E-state index in [1.54, 1.807) is 5.82 Å². The molecule has 0 amide bonds. The van der Waals surface area contributed by atoms with E-state index in [0.29, 0.717) is 0 Å². The Morgan fingerprint density at radius 1 is 0.370 bits per heavy atom. The summed E-state index contributed by atoms with van der Waals surface area (Å²) in [7, 11) is 0. The molecule has 1 aromatic heterocycles. The Morgan fingerprint density at radius 3 is 1.04 bits per heavy atom. The second-order valence-corrected chi connectivity index (χ2v) is 15.2. The molecule has 0 N–H and O–H groups in total. The topological polar surface area (TPSA) is 8.81 Å². The Labute approximate surface area is 291 Å². The number of hydrogen-bond acceptors (Lipinski definition) is 0. The van der Waals surface area contributed by atoms with Crippen molar-refractivity contribution in [2.24, 2.45) is 0 Å². The van der Waals surface area contributed by atoms with Crippen LogP contribution in [0.3, 0.4) is 0 Å². The Balaban J connectivity index is 2.10. The lowest BCUT2D eigenvalue weighted by Crippen LogP contribution is -2.37. The van der Waals surface area contributed by atoms with Crippen LogP contribution < -0.4 is 4.57 Å². The first-order chi connectivity index (χ1) is 22.8. The van der Waals surface area contributed by atoms with Crippen LogP contribution >= 0.6 is 0 Å². The Morgan fingerprint density at radius 2 is 0.674 bits per heavy atom. The molecule has 0 bridgehead atoms. The molecule has 1 rings (SSSR count). The van der Waals surface area contributed by atoms with Crippen molar-refractivity contribution in [2.75, 3.05) is 0 Å². The summed E-state index contributed by atoms with van der Waals surface area (Å²) in [6.45, 7) is 9.41. The summed E-state index contributed by atoms with van der Waals surface area (Å²) in [6, 6.07) is 0. The lowest BCUT2D eigenvalue weighted by Gasteiger charge is -2.07. The molecular weight excluding hydrogens is 556 g/mol. The fourth-order valence-electron chi connectivity index (χ4n) is 7.39. The highest BCUT2D eigenvalue weighted by molar-refractivity contribution is 4.84. The van der Waals surface area contributed by atoms with Crippen molar-refractivity contribution in [1.82, 2.24) is 4.57 Å². The molecular formula is C44H87N2+. The molecule has 2 heteroatoms. The van der Waals surface area contributed by atoms with Crippen molar-refractivity contribution >= 4 is 0 Å². The van der Waals surface area contributed by atoms with E-state index in [4.69, 9.17) is 0 Å². The minimum absolute atomic E-state index is 1.23. The molecule has 1 heterocycles. The zero-order valence-corrected chi connectivity index (χ0v) is 32.4. The van der Waals surface area contributed by atoms with Crippen LogP contribution in [0.25, 0.3) is 0 Å². The van der Waals surface area contributed by atoms with Crippen molar-refractivity contribution < 1.29 is 4.57 Å². The van der Waals surface area contributed by atoms with Crippen LogP contribution in [-0.4, -0.2) is 4.57 Å². The highest BCUT2D eigenvalue weighted by Crippen LogP contribution is 2.16. The van der Waals surface area contributed by atoms with Gasteiger partial charge in [0.15, 0.2) is 0 Å². The minimum atomic E-state index is 1.23. The fourth-order valence-corrected chi connectivity index (χ4v) is 7.39. The molecule has 272 valence electrons. The SMILES string of the molecule is CCCCCCCCCCCCCCCCCCn1cc[n+](CCCCCCCCCCCCCCCCC)c1CCCCCC. The molecule has 0 fully saturated rings. The number of rotatable bonds is 38. The first kappa shape index (κ1) is 43.2. The lowest BCUT2D eigenvalue weighted by atomic mass is 10.0. The third kappa shape index (κ3) is 27.2. The Bertz CT molecular complexity index is 707. The van der Waals surface area contributed by atoms with Crippen LogP contribution in [0, 0.1) is 0 Å². The van der Waals surface area contributed by atoms with Gasteiger partial charge in [0.05, 0.1) is 13.1 Å². The molecule has 2 nitrogen and oxygen atoms in total. The quantitative estimate of drug-likeness (QED) is 0.0501. The summed E-state index contributed by atoms with van der Waals surface area (Å²) in [5.41, 5.74) is 0. The largest absolute Gasteiger partial charge is 0.256 e. The van der Waals surface area contributed by atoms with E-state index < -0.39 is 0 Å². The number of nitrogens with zero attached hydrogens (tertiary/aromatic N) is 2. The van der Waals surface area contributed by atoms with Gasteiger partial charge >= 0.3 is 0 Å². The fraction of sp³-hybridized carbons (Fsp3) is 0.932. The first-order valence-corrected chi connectivity index (χ1v) is 21.9. The van der Waals surface area contributed by atoms with Crippen molar-refractivity contribution in [3.63, 3.8) is 0 Å². The van der Waals surface area contributed by atoms with Gasteiger partial charge in [0.2, 0.25) is 0 Å². The van der Waals surface area contributed by atoms with Crippen LogP contribution in [0.4, 0.5) is 0 Å². The van der Waals surface area contributed by atoms with Gasteiger partial charge in [-0.15, -0.1) is 0 Å². The second-order valence-electron chi connectivity index (χ2n) is 15.2. The molecule has 0 spiro atoms. The van der Waals surface area contributed by atoms with Gasteiger partial charge in [-0.25, -0.2) is 9.13 Å². The van der Waals surface area contributed by atoms with Crippen LogP contribution in [0.1, 0.15) is 251 Å². The van der Waals surface area contributed by atoms with Crippen molar-refractivity contribution in [1.29, 1.82) is 0 Å². The van der Waals surface area contributed by atoms with Crippen LogP contribution in [0.15, 0.2) is 12.4 Å². The molecule has 0 unspecified atom stereocenters. The maximum absolute atomic E-state index is 2.63. The lowest BCUT2D eigenvalue weighted by molar-refractivity contribution is -0.704. The van der Waals surface area contributed by atoms with Gasteiger partial charge < -0.3 is 0 Å². The standard InChI is InChI=1S/C44H87N2/c1-4-7-10-13-15-17-19-21-23-25-27-29-31-33-35-38-41-46-43-42-45(44(46)39-36-12-9-6-3)40-37-34-32-30-28-26-24-22-20-18-16-14-11-8-5-2/h42-43H,4-41H2,1-3H3/q+1. The highest BCUT2D eigenvalue weighted by atomic mass is 15.1. The van der Waals surface area contributed by atoms with Crippen LogP contribution in [-0.2, 0) is 19.5 Å². The Kier molecular flexibility index (Phi) is 33.4. The number of aromatic nitrogens is 2.